The zero-order valence-corrected chi connectivity index (χ0v) is 11.5. The van der Waals surface area contributed by atoms with Gasteiger partial charge in [-0.3, -0.25) is 14.3 Å². The summed E-state index contributed by atoms with van der Waals surface area (Å²) in [6.07, 6.45) is 7.46. The Morgan fingerprint density at radius 2 is 1.90 bits per heavy atom. The molecule has 1 amide bonds. The average Bonchev–Trinajstić information content (AvgIpc) is 2.27. The Morgan fingerprint density at radius 1 is 1.30 bits per heavy atom. The molecule has 20 heavy (non-hydrogen) atoms. The van der Waals surface area contributed by atoms with Gasteiger partial charge in [0.1, 0.15) is 0 Å². The van der Waals surface area contributed by atoms with Crippen LogP contribution in [0, 0.1) is 0 Å². The third-order valence-electron chi connectivity index (χ3n) is 2.11. The number of benzene rings is 1. The predicted molar refractivity (Wildman–Crippen MR) is 78.4 cm³/mol. The van der Waals surface area contributed by atoms with E-state index >= 15 is 0 Å². The average molecular weight is 294 g/mol. The lowest BCUT2D eigenvalue weighted by molar-refractivity contribution is -0.114. The first kappa shape index (κ1) is 15.8. The molecule has 6 nitrogen and oxygen atoms in total. The molecule has 0 bridgehead atoms. The quantitative estimate of drug-likeness (QED) is 0.761. The van der Waals surface area contributed by atoms with E-state index in [9.17, 15) is 13.2 Å². The number of aliphatic imine (C=N–C) groups is 1. The molecule has 1 heterocycles. The van der Waals surface area contributed by atoms with E-state index in [2.05, 4.69) is 4.99 Å². The number of allylic oxidation sites excluding steroid dienone is 1. The van der Waals surface area contributed by atoms with E-state index in [0.717, 1.165) is 11.3 Å². The van der Waals surface area contributed by atoms with Crippen LogP contribution in [0.5, 0.6) is 0 Å². The molecular weight excluding hydrogens is 280 g/mol. The number of amides is 1. The fourth-order valence-electron chi connectivity index (χ4n) is 1.37. The molecule has 7 heteroatoms. The second-order valence-electron chi connectivity index (χ2n) is 3.89. The van der Waals surface area contributed by atoms with Gasteiger partial charge in [0.05, 0.1) is 11.9 Å². The summed E-state index contributed by atoms with van der Waals surface area (Å²) in [6.45, 7) is 0. The second kappa shape index (κ2) is 6.78. The monoisotopic (exact) mass is 294 g/mol. The van der Waals surface area contributed by atoms with Gasteiger partial charge >= 0.3 is 0 Å². The van der Waals surface area contributed by atoms with E-state index < -0.39 is 16.0 Å². The van der Waals surface area contributed by atoms with Crippen LogP contribution in [-0.2, 0) is 14.9 Å². The number of nitrogens with zero attached hydrogens (tertiary/aromatic N) is 1. The van der Waals surface area contributed by atoms with Crippen LogP contribution < -0.4 is 5.73 Å². The summed E-state index contributed by atoms with van der Waals surface area (Å²) >= 11 is 0. The van der Waals surface area contributed by atoms with Gasteiger partial charge < -0.3 is 5.73 Å². The first-order valence-electron chi connectivity index (χ1n) is 5.51. The van der Waals surface area contributed by atoms with Gasteiger partial charge in [-0.25, -0.2) is 0 Å². The molecule has 1 aromatic rings. The summed E-state index contributed by atoms with van der Waals surface area (Å²) in [5.74, 6) is -0.434. The number of hydrogen-bond acceptors (Lipinski definition) is 4. The molecule has 0 atom stereocenters. The molecule has 1 aromatic carbocycles. The minimum atomic E-state index is -3.67. The van der Waals surface area contributed by atoms with E-state index in [1.807, 2.05) is 24.3 Å². The predicted octanol–water partition coefficient (Wildman–Crippen LogP) is 1.33. The fourth-order valence-corrected chi connectivity index (χ4v) is 1.37. The number of para-hydroxylation sites is 1. The topological polar surface area (TPSA) is 110 Å². The maximum absolute atomic E-state index is 11.1. The first-order chi connectivity index (χ1) is 9.27. The number of hydrogen-bond donors (Lipinski definition) is 2. The highest BCUT2D eigenvalue weighted by atomic mass is 32.2. The Morgan fingerprint density at radius 3 is 2.50 bits per heavy atom. The van der Waals surface area contributed by atoms with E-state index in [1.54, 1.807) is 24.4 Å². The van der Waals surface area contributed by atoms with Crippen LogP contribution in [-0.4, -0.2) is 31.3 Å². The smallest absolute Gasteiger partial charge is 0.261 e. The van der Waals surface area contributed by atoms with Gasteiger partial charge in [-0.1, -0.05) is 18.2 Å². The third kappa shape index (κ3) is 6.07. The van der Waals surface area contributed by atoms with E-state index in [-0.39, 0.29) is 0 Å². The molecule has 0 radical (unpaired) electrons. The summed E-state index contributed by atoms with van der Waals surface area (Å²) in [6, 6.07) is 7.59. The molecule has 0 saturated heterocycles. The molecule has 106 valence electrons. The van der Waals surface area contributed by atoms with Crippen LogP contribution in [0.1, 0.15) is 5.56 Å². The lowest BCUT2D eigenvalue weighted by Gasteiger charge is -2.03. The van der Waals surface area contributed by atoms with Crippen LogP contribution in [0.3, 0.4) is 0 Å². The van der Waals surface area contributed by atoms with Crippen molar-refractivity contribution < 1.29 is 17.8 Å². The van der Waals surface area contributed by atoms with Crippen LogP contribution in [0.25, 0.3) is 6.08 Å². The molecule has 3 N–H and O–H groups in total. The zero-order valence-electron chi connectivity index (χ0n) is 10.7. The maximum atomic E-state index is 11.1. The first-order valence-corrected chi connectivity index (χ1v) is 7.36. The Bertz CT molecular complexity index is 680. The van der Waals surface area contributed by atoms with Gasteiger partial charge in [0.15, 0.2) is 0 Å². The molecule has 1 aliphatic rings. The Hall–Kier alpha value is -2.25. The van der Waals surface area contributed by atoms with E-state index in [1.165, 1.54) is 0 Å². The Balaban J connectivity index is 0.000000347. The summed E-state index contributed by atoms with van der Waals surface area (Å²) in [7, 11) is -3.67. The van der Waals surface area contributed by atoms with Crippen molar-refractivity contribution in [2.75, 3.05) is 6.26 Å². The van der Waals surface area contributed by atoms with Crippen molar-refractivity contribution in [3.8, 4) is 0 Å². The van der Waals surface area contributed by atoms with Gasteiger partial charge in [-0.2, -0.15) is 8.42 Å². The SMILES string of the molecule is CS(=O)(=O)O.NC(=O)C1=Cc2ccccc2N=CC=C1. The van der Waals surface area contributed by atoms with Crippen LogP contribution in [0.15, 0.2) is 47.0 Å². The van der Waals surface area contributed by atoms with Gasteiger partial charge in [-0.15, -0.1) is 0 Å². The molecular formula is C13H14N2O4S. The van der Waals surface area contributed by atoms with Crippen LogP contribution >= 0.6 is 0 Å². The van der Waals surface area contributed by atoms with Crippen molar-refractivity contribution in [2.24, 2.45) is 10.7 Å². The van der Waals surface area contributed by atoms with Crippen molar-refractivity contribution >= 4 is 34.0 Å². The van der Waals surface area contributed by atoms with E-state index in [0.29, 0.717) is 11.8 Å². The van der Waals surface area contributed by atoms with Gasteiger partial charge in [0.2, 0.25) is 5.91 Å². The summed E-state index contributed by atoms with van der Waals surface area (Å²) in [4.78, 5) is 15.3. The Kier molecular flexibility index (Phi) is 5.36. The third-order valence-corrected chi connectivity index (χ3v) is 2.11. The highest BCUT2D eigenvalue weighted by molar-refractivity contribution is 7.85. The molecule has 0 spiro atoms. The van der Waals surface area contributed by atoms with Gasteiger partial charge in [-0.05, 0) is 24.3 Å². The molecule has 1 aliphatic heterocycles. The van der Waals surface area contributed by atoms with Crippen molar-refractivity contribution in [1.82, 2.24) is 0 Å². The minimum Gasteiger partial charge on any atom is -0.366 e. The van der Waals surface area contributed by atoms with Crippen molar-refractivity contribution in [3.63, 3.8) is 0 Å². The van der Waals surface area contributed by atoms with Crippen LogP contribution in [0.2, 0.25) is 0 Å². The number of fused-ring (bicyclic) bond motifs is 1. The molecule has 2 rings (SSSR count). The molecule has 0 saturated carbocycles. The normalized spacial score (nSPS) is 13.2. The van der Waals surface area contributed by atoms with Gasteiger partial charge in [0.25, 0.3) is 10.1 Å². The highest BCUT2D eigenvalue weighted by Crippen LogP contribution is 2.22. The number of nitrogens with two attached hydrogens (primary N) is 1. The maximum Gasteiger partial charge on any atom is 0.261 e. The van der Waals surface area contributed by atoms with E-state index in [4.69, 9.17) is 10.3 Å². The highest BCUT2D eigenvalue weighted by Gasteiger charge is 2.04. The summed E-state index contributed by atoms with van der Waals surface area (Å²) in [5, 5.41) is 0. The molecule has 0 aromatic heterocycles. The van der Waals surface area contributed by atoms with Crippen molar-refractivity contribution in [1.29, 1.82) is 0 Å². The fraction of sp³-hybridized carbons (Fsp3) is 0.0769. The second-order valence-corrected chi connectivity index (χ2v) is 5.36. The number of carbonyl (C=O) groups excluding carboxylic acids is 1. The Labute approximate surface area is 117 Å². The standard InChI is InChI=1S/C12H10N2O.CH4O3S/c13-12(15)10-5-3-7-14-11-6-2-1-4-9(11)8-10;1-5(2,3)4/h1-8H,(H2,13,15);1H3,(H,2,3,4). The molecule has 0 aliphatic carbocycles. The number of rotatable bonds is 1. The lowest BCUT2D eigenvalue weighted by Crippen LogP contribution is -2.12. The number of carbonyl (C=O) groups is 1. The van der Waals surface area contributed by atoms with Crippen LogP contribution in [0.4, 0.5) is 5.69 Å². The largest absolute Gasteiger partial charge is 0.366 e. The molecule has 0 unspecified atom stereocenters. The lowest BCUT2D eigenvalue weighted by atomic mass is 10.1. The molecule has 0 fully saturated rings. The minimum absolute atomic E-state index is 0.434. The summed E-state index contributed by atoms with van der Waals surface area (Å²) < 4.78 is 25.9. The number of primary amides is 1. The summed E-state index contributed by atoms with van der Waals surface area (Å²) in [5.41, 5.74) is 7.45. The van der Waals surface area contributed by atoms with Gasteiger partial charge in [0, 0.05) is 17.4 Å². The zero-order chi connectivity index (χ0) is 15.2. The van der Waals surface area contributed by atoms with Crippen molar-refractivity contribution in [2.45, 2.75) is 0 Å². The van der Waals surface area contributed by atoms with Crippen molar-refractivity contribution in [3.05, 3.63) is 47.6 Å².